The van der Waals surface area contributed by atoms with Gasteiger partial charge in [0.15, 0.2) is 0 Å². The molecule has 0 aromatic heterocycles. The van der Waals surface area contributed by atoms with Gasteiger partial charge in [-0.05, 0) is 44.4 Å². The van der Waals surface area contributed by atoms with Crippen LogP contribution in [-0.2, 0) is 9.53 Å². The van der Waals surface area contributed by atoms with Gasteiger partial charge in [0, 0.05) is 6.42 Å². The molecule has 2 heteroatoms. The molecule has 0 fully saturated rings. The van der Waals surface area contributed by atoms with Crippen LogP contribution in [0.2, 0.25) is 0 Å². The largest absolute Gasteiger partial charge is 0.466 e. The second-order valence-electron chi connectivity index (χ2n) is 18.8. The van der Waals surface area contributed by atoms with Gasteiger partial charge in [-0.2, -0.15) is 0 Å². The lowest BCUT2D eigenvalue weighted by atomic mass is 9.99. The van der Waals surface area contributed by atoms with Crippen LogP contribution in [0.4, 0.5) is 0 Å². The third-order valence-corrected chi connectivity index (χ3v) is 12.9. The summed E-state index contributed by atoms with van der Waals surface area (Å²) in [4.78, 5) is 12.1. The Morgan fingerprint density at radius 2 is 0.649 bits per heavy atom. The molecule has 0 aromatic carbocycles. The topological polar surface area (TPSA) is 26.3 Å². The summed E-state index contributed by atoms with van der Waals surface area (Å²) in [6.07, 6.45) is 69.3. The standard InChI is InChI=1S/C55H108O2/c1-4-6-7-8-9-10-11-12-13-27-31-34-37-40-43-46-49-52-55(56)57-53-50-47-44-41-38-35-32-29-26-24-22-20-18-16-14-15-17-19-21-23-25-28-30-33-36-39-42-45-48-51-54(3)5-2/h10-11,54H,4-9,12-53H2,1-3H3. The van der Waals surface area contributed by atoms with Crippen LogP contribution < -0.4 is 0 Å². The van der Waals surface area contributed by atoms with E-state index in [1.807, 2.05) is 0 Å². The van der Waals surface area contributed by atoms with Gasteiger partial charge in [-0.25, -0.2) is 0 Å². The molecule has 0 aliphatic rings. The first-order chi connectivity index (χ1) is 28.2. The minimum atomic E-state index is 0.0283. The van der Waals surface area contributed by atoms with E-state index in [9.17, 15) is 4.79 Å². The van der Waals surface area contributed by atoms with Crippen molar-refractivity contribution in [3.63, 3.8) is 0 Å². The predicted molar refractivity (Wildman–Crippen MR) is 258 cm³/mol. The minimum Gasteiger partial charge on any atom is -0.466 e. The summed E-state index contributed by atoms with van der Waals surface area (Å²) >= 11 is 0. The highest BCUT2D eigenvalue weighted by Crippen LogP contribution is 2.18. The minimum absolute atomic E-state index is 0.0283. The van der Waals surface area contributed by atoms with Crippen LogP contribution in [0.25, 0.3) is 0 Å². The van der Waals surface area contributed by atoms with Crippen molar-refractivity contribution in [3.05, 3.63) is 12.2 Å². The van der Waals surface area contributed by atoms with Gasteiger partial charge in [0.1, 0.15) is 0 Å². The summed E-state index contributed by atoms with van der Waals surface area (Å²) in [5.74, 6) is 0.968. The fourth-order valence-corrected chi connectivity index (χ4v) is 8.52. The number of unbranched alkanes of at least 4 members (excludes halogenated alkanes) is 41. The van der Waals surface area contributed by atoms with Gasteiger partial charge < -0.3 is 4.74 Å². The van der Waals surface area contributed by atoms with Crippen molar-refractivity contribution < 1.29 is 9.53 Å². The highest BCUT2D eigenvalue weighted by atomic mass is 16.5. The summed E-state index contributed by atoms with van der Waals surface area (Å²) in [6, 6.07) is 0. The zero-order valence-electron chi connectivity index (χ0n) is 40.0. The first-order valence-electron chi connectivity index (χ1n) is 27.0. The molecule has 0 N–H and O–H groups in total. The molecule has 57 heavy (non-hydrogen) atoms. The van der Waals surface area contributed by atoms with Gasteiger partial charge in [-0.1, -0.05) is 290 Å². The van der Waals surface area contributed by atoms with Crippen LogP contribution >= 0.6 is 0 Å². The van der Waals surface area contributed by atoms with Crippen molar-refractivity contribution >= 4 is 5.97 Å². The Hall–Kier alpha value is -0.790. The molecular weight excluding hydrogens is 693 g/mol. The molecule has 1 atom stereocenters. The maximum Gasteiger partial charge on any atom is 0.305 e. The Morgan fingerprint density at radius 3 is 0.982 bits per heavy atom. The first kappa shape index (κ1) is 56.2. The zero-order valence-corrected chi connectivity index (χ0v) is 40.0. The molecule has 340 valence electrons. The van der Waals surface area contributed by atoms with E-state index in [4.69, 9.17) is 4.74 Å². The van der Waals surface area contributed by atoms with Crippen LogP contribution in [0.15, 0.2) is 12.2 Å². The molecule has 2 nitrogen and oxygen atoms in total. The highest BCUT2D eigenvalue weighted by Gasteiger charge is 2.03. The van der Waals surface area contributed by atoms with Gasteiger partial charge in [-0.3, -0.25) is 4.79 Å². The first-order valence-corrected chi connectivity index (χ1v) is 27.0. The summed E-state index contributed by atoms with van der Waals surface area (Å²) < 4.78 is 5.49. The van der Waals surface area contributed by atoms with Gasteiger partial charge in [0.05, 0.1) is 6.61 Å². The summed E-state index contributed by atoms with van der Waals surface area (Å²) in [5, 5.41) is 0. The fraction of sp³-hybridized carbons (Fsp3) is 0.945. The van der Waals surface area contributed by atoms with Crippen molar-refractivity contribution in [1.29, 1.82) is 0 Å². The molecule has 0 radical (unpaired) electrons. The molecule has 0 rings (SSSR count). The number of rotatable bonds is 50. The Kier molecular flexibility index (Phi) is 50.6. The molecule has 0 heterocycles. The molecular formula is C55H108O2. The fourth-order valence-electron chi connectivity index (χ4n) is 8.52. The van der Waals surface area contributed by atoms with E-state index < -0.39 is 0 Å². The Balaban J connectivity index is 3.15. The molecule has 0 saturated carbocycles. The summed E-state index contributed by atoms with van der Waals surface area (Å²) in [5.41, 5.74) is 0. The van der Waals surface area contributed by atoms with Crippen LogP contribution in [-0.4, -0.2) is 12.6 Å². The number of carbonyl (C=O) groups excluding carboxylic acids is 1. The van der Waals surface area contributed by atoms with E-state index in [0.717, 1.165) is 18.8 Å². The number of ether oxygens (including phenoxy) is 1. The summed E-state index contributed by atoms with van der Waals surface area (Å²) in [6.45, 7) is 7.64. The van der Waals surface area contributed by atoms with Crippen LogP contribution in [0, 0.1) is 5.92 Å². The molecule has 0 bridgehead atoms. The molecule has 0 spiro atoms. The zero-order chi connectivity index (χ0) is 41.2. The predicted octanol–water partition coefficient (Wildman–Crippen LogP) is 20.1. The smallest absolute Gasteiger partial charge is 0.305 e. The Bertz CT molecular complexity index is 758. The molecule has 1 unspecified atom stereocenters. The van der Waals surface area contributed by atoms with Crippen molar-refractivity contribution in [2.75, 3.05) is 6.61 Å². The maximum atomic E-state index is 12.1. The quantitative estimate of drug-likeness (QED) is 0.0348. The normalized spacial score (nSPS) is 12.3. The molecule has 0 saturated heterocycles. The molecule has 0 aliphatic carbocycles. The number of allylic oxidation sites excluding steroid dienone is 2. The Morgan fingerprint density at radius 1 is 0.368 bits per heavy atom. The van der Waals surface area contributed by atoms with E-state index in [1.165, 1.54) is 283 Å². The lowest BCUT2D eigenvalue weighted by Gasteiger charge is -2.07. The van der Waals surface area contributed by atoms with Crippen LogP contribution in [0.3, 0.4) is 0 Å². The van der Waals surface area contributed by atoms with E-state index in [0.29, 0.717) is 13.0 Å². The molecule has 0 aromatic rings. The maximum absolute atomic E-state index is 12.1. The number of hydrogen-bond donors (Lipinski definition) is 0. The van der Waals surface area contributed by atoms with Crippen molar-refractivity contribution in [2.24, 2.45) is 5.92 Å². The third-order valence-electron chi connectivity index (χ3n) is 12.9. The number of hydrogen-bond acceptors (Lipinski definition) is 2. The average Bonchev–Trinajstić information content (AvgIpc) is 3.22. The highest BCUT2D eigenvalue weighted by molar-refractivity contribution is 5.69. The monoisotopic (exact) mass is 801 g/mol. The van der Waals surface area contributed by atoms with Crippen LogP contribution in [0.1, 0.15) is 323 Å². The van der Waals surface area contributed by atoms with Gasteiger partial charge in [0.2, 0.25) is 0 Å². The third kappa shape index (κ3) is 51.3. The Labute approximate surface area is 361 Å². The van der Waals surface area contributed by atoms with E-state index in [1.54, 1.807) is 0 Å². The molecule has 0 aliphatic heterocycles. The van der Waals surface area contributed by atoms with E-state index in [2.05, 4.69) is 32.9 Å². The van der Waals surface area contributed by atoms with Crippen molar-refractivity contribution in [1.82, 2.24) is 0 Å². The lowest BCUT2D eigenvalue weighted by molar-refractivity contribution is -0.143. The lowest BCUT2D eigenvalue weighted by Crippen LogP contribution is -2.05. The number of esters is 1. The van der Waals surface area contributed by atoms with E-state index in [-0.39, 0.29) is 5.97 Å². The van der Waals surface area contributed by atoms with Gasteiger partial charge in [-0.15, -0.1) is 0 Å². The van der Waals surface area contributed by atoms with Crippen molar-refractivity contribution in [2.45, 2.75) is 323 Å². The second-order valence-corrected chi connectivity index (χ2v) is 18.8. The van der Waals surface area contributed by atoms with Gasteiger partial charge >= 0.3 is 5.97 Å². The number of carbonyl (C=O) groups is 1. The average molecular weight is 801 g/mol. The van der Waals surface area contributed by atoms with Gasteiger partial charge in [0.25, 0.3) is 0 Å². The molecule has 0 amide bonds. The van der Waals surface area contributed by atoms with E-state index >= 15 is 0 Å². The van der Waals surface area contributed by atoms with Crippen molar-refractivity contribution in [3.8, 4) is 0 Å². The second kappa shape index (κ2) is 51.4. The van der Waals surface area contributed by atoms with Crippen LogP contribution in [0.5, 0.6) is 0 Å². The summed E-state index contributed by atoms with van der Waals surface area (Å²) in [7, 11) is 0. The SMILES string of the molecule is CCCCCCC=CCCCCCCCCCCCC(=O)OCCCCCCCCCCCCCCCCCCCCCCCCCCCCCCCC(C)CC.